The quantitative estimate of drug-likeness (QED) is 0.327. The van der Waals surface area contributed by atoms with E-state index >= 15 is 0 Å². The van der Waals surface area contributed by atoms with Gasteiger partial charge in [-0.15, -0.1) is 0 Å². The van der Waals surface area contributed by atoms with Crippen LogP contribution in [0.2, 0.25) is 0 Å². The Bertz CT molecular complexity index is 968. The van der Waals surface area contributed by atoms with E-state index in [0.717, 1.165) is 15.6 Å². The minimum atomic E-state index is -0.0230. The Balaban J connectivity index is 1.25. The second-order valence-corrected chi connectivity index (χ2v) is 7.18. The van der Waals surface area contributed by atoms with Gasteiger partial charge in [0, 0.05) is 21.7 Å². The fourth-order valence-electron chi connectivity index (χ4n) is 2.66. The predicted molar refractivity (Wildman–Crippen MR) is 117 cm³/mol. The third-order valence-corrected chi connectivity index (χ3v) is 4.96. The number of benzene rings is 2. The van der Waals surface area contributed by atoms with Gasteiger partial charge in [0.2, 0.25) is 4.74 Å². The first-order valence-electron chi connectivity index (χ1n) is 9.42. The lowest BCUT2D eigenvalue weighted by Gasteiger charge is -2.10. The second-order valence-electron chi connectivity index (χ2n) is 6.14. The summed E-state index contributed by atoms with van der Waals surface area (Å²) >= 11 is 1.21. The first-order chi connectivity index (χ1) is 14.2. The van der Waals surface area contributed by atoms with Crippen molar-refractivity contribution in [1.29, 1.82) is 0 Å². The van der Waals surface area contributed by atoms with Crippen molar-refractivity contribution < 1.29 is 18.9 Å². The lowest BCUT2D eigenvalue weighted by Crippen LogP contribution is -2.13. The van der Waals surface area contributed by atoms with Gasteiger partial charge < -0.3 is 18.9 Å². The molecule has 0 saturated heterocycles. The zero-order chi connectivity index (χ0) is 20.3. The maximum Gasteiger partial charge on any atom is 0.236 e. The first kappa shape index (κ1) is 21.0. The standard InChI is InChI=1S/C23H24O5S/c1-18(19-7-3-2-4-8-19)27-15-13-25-11-12-26-14-16-28-21-17-23(24)29-22-10-6-5-9-20(21)22/h2-10,17H,1,11-16H2. The van der Waals surface area contributed by atoms with Gasteiger partial charge >= 0.3 is 0 Å². The van der Waals surface area contributed by atoms with E-state index in [-0.39, 0.29) is 4.74 Å². The van der Waals surface area contributed by atoms with Gasteiger partial charge in [-0.1, -0.05) is 60.4 Å². The summed E-state index contributed by atoms with van der Waals surface area (Å²) in [5.41, 5.74) is 0.965. The fraction of sp³-hybridized carbons (Fsp3) is 0.261. The molecular weight excluding hydrogens is 388 g/mol. The zero-order valence-electron chi connectivity index (χ0n) is 16.2. The minimum Gasteiger partial charge on any atom is -0.491 e. The van der Waals surface area contributed by atoms with Crippen LogP contribution in [0.3, 0.4) is 0 Å². The summed E-state index contributed by atoms with van der Waals surface area (Å²) in [5, 5.41) is 0.942. The monoisotopic (exact) mass is 412 g/mol. The molecule has 0 fully saturated rings. The predicted octanol–water partition coefficient (Wildman–Crippen LogP) is 4.36. The Labute approximate surface area is 174 Å². The van der Waals surface area contributed by atoms with Crippen molar-refractivity contribution in [3.8, 4) is 5.75 Å². The van der Waals surface area contributed by atoms with Gasteiger partial charge in [-0.2, -0.15) is 0 Å². The third-order valence-electron chi connectivity index (χ3n) is 4.07. The average molecular weight is 413 g/mol. The van der Waals surface area contributed by atoms with Crippen LogP contribution in [0, 0.1) is 0 Å². The Morgan fingerprint density at radius 2 is 1.48 bits per heavy atom. The molecule has 0 aliphatic rings. The third kappa shape index (κ3) is 6.71. The van der Waals surface area contributed by atoms with Crippen LogP contribution in [0.1, 0.15) is 5.56 Å². The van der Waals surface area contributed by atoms with Crippen LogP contribution < -0.4 is 9.48 Å². The van der Waals surface area contributed by atoms with Crippen LogP contribution in [0.25, 0.3) is 15.8 Å². The largest absolute Gasteiger partial charge is 0.491 e. The lowest BCUT2D eigenvalue weighted by molar-refractivity contribution is 0.0248. The second kappa shape index (κ2) is 11.4. The van der Waals surface area contributed by atoms with E-state index in [4.69, 9.17) is 18.9 Å². The lowest BCUT2D eigenvalue weighted by atomic mass is 10.2. The van der Waals surface area contributed by atoms with E-state index in [1.807, 2.05) is 54.6 Å². The number of rotatable bonds is 12. The van der Waals surface area contributed by atoms with Crippen LogP contribution in [0.15, 0.2) is 72.0 Å². The van der Waals surface area contributed by atoms with Gasteiger partial charge in [-0.05, 0) is 12.1 Å². The average Bonchev–Trinajstić information content (AvgIpc) is 2.75. The van der Waals surface area contributed by atoms with Crippen LogP contribution >= 0.6 is 11.3 Å². The van der Waals surface area contributed by atoms with Gasteiger partial charge in [0.1, 0.15) is 24.7 Å². The van der Waals surface area contributed by atoms with Crippen molar-refractivity contribution in [1.82, 2.24) is 0 Å². The van der Waals surface area contributed by atoms with Gasteiger partial charge in [-0.25, -0.2) is 0 Å². The molecule has 0 amide bonds. The minimum absolute atomic E-state index is 0.0230. The van der Waals surface area contributed by atoms with Crippen molar-refractivity contribution in [2.45, 2.75) is 0 Å². The molecule has 5 nitrogen and oxygen atoms in total. The molecule has 1 heterocycles. The van der Waals surface area contributed by atoms with E-state index in [9.17, 15) is 4.79 Å². The molecule has 29 heavy (non-hydrogen) atoms. The van der Waals surface area contributed by atoms with Gasteiger partial charge in [0.25, 0.3) is 0 Å². The summed E-state index contributed by atoms with van der Waals surface area (Å²) in [7, 11) is 0. The van der Waals surface area contributed by atoms with Crippen molar-refractivity contribution in [3.63, 3.8) is 0 Å². The molecule has 152 valence electrons. The summed E-state index contributed by atoms with van der Waals surface area (Å²) in [6.07, 6.45) is 0. The number of hydrogen-bond acceptors (Lipinski definition) is 6. The van der Waals surface area contributed by atoms with E-state index in [0.29, 0.717) is 51.1 Å². The van der Waals surface area contributed by atoms with Crippen molar-refractivity contribution >= 4 is 27.2 Å². The Morgan fingerprint density at radius 3 is 2.28 bits per heavy atom. The summed E-state index contributed by atoms with van der Waals surface area (Å²) in [6.45, 7) is 6.55. The highest BCUT2D eigenvalue weighted by molar-refractivity contribution is 7.16. The summed E-state index contributed by atoms with van der Waals surface area (Å²) in [6, 6.07) is 19.0. The van der Waals surface area contributed by atoms with E-state index in [2.05, 4.69) is 6.58 Å². The molecule has 2 aromatic carbocycles. The topological polar surface area (TPSA) is 54.0 Å². The molecule has 0 spiro atoms. The molecule has 3 rings (SSSR count). The molecule has 0 bridgehead atoms. The molecule has 0 N–H and O–H groups in total. The van der Waals surface area contributed by atoms with Crippen molar-refractivity contribution in [2.75, 3.05) is 39.6 Å². The Hall–Kier alpha value is -2.67. The van der Waals surface area contributed by atoms with E-state index in [1.165, 1.54) is 17.4 Å². The summed E-state index contributed by atoms with van der Waals surface area (Å²) in [5.74, 6) is 1.23. The number of ether oxygens (including phenoxy) is 4. The highest BCUT2D eigenvalue weighted by Gasteiger charge is 2.04. The SMILES string of the molecule is C=C(OCCOCCOCCOc1cc(=O)sc2ccccc12)c1ccccc1. The molecule has 0 atom stereocenters. The Morgan fingerprint density at radius 1 is 0.828 bits per heavy atom. The smallest absolute Gasteiger partial charge is 0.236 e. The molecule has 3 aromatic rings. The molecule has 1 aromatic heterocycles. The van der Waals surface area contributed by atoms with Crippen molar-refractivity contribution in [3.05, 3.63) is 82.3 Å². The van der Waals surface area contributed by atoms with Crippen molar-refractivity contribution in [2.24, 2.45) is 0 Å². The van der Waals surface area contributed by atoms with Crippen LogP contribution in [0.4, 0.5) is 0 Å². The fourth-order valence-corrected chi connectivity index (χ4v) is 3.47. The first-order valence-corrected chi connectivity index (χ1v) is 10.2. The number of fused-ring (bicyclic) bond motifs is 1. The number of hydrogen-bond donors (Lipinski definition) is 0. The van der Waals surface area contributed by atoms with E-state index in [1.54, 1.807) is 0 Å². The van der Waals surface area contributed by atoms with Gasteiger partial charge in [-0.3, -0.25) is 4.79 Å². The highest BCUT2D eigenvalue weighted by atomic mass is 32.1. The zero-order valence-corrected chi connectivity index (χ0v) is 17.0. The van der Waals surface area contributed by atoms with Crippen LogP contribution in [-0.2, 0) is 14.2 Å². The molecule has 0 radical (unpaired) electrons. The molecule has 0 aliphatic heterocycles. The maximum atomic E-state index is 11.8. The molecule has 0 unspecified atom stereocenters. The normalized spacial score (nSPS) is 10.8. The summed E-state index contributed by atoms with van der Waals surface area (Å²) < 4.78 is 23.2. The molecule has 0 saturated carbocycles. The van der Waals surface area contributed by atoms with E-state index < -0.39 is 0 Å². The summed E-state index contributed by atoms with van der Waals surface area (Å²) in [4.78, 5) is 11.8. The molecular formula is C23H24O5S. The highest BCUT2D eigenvalue weighted by Crippen LogP contribution is 2.25. The van der Waals surface area contributed by atoms with Gasteiger partial charge in [0.05, 0.1) is 26.4 Å². The maximum absolute atomic E-state index is 11.8. The molecule has 0 aliphatic carbocycles. The van der Waals surface area contributed by atoms with Gasteiger partial charge in [0.15, 0.2) is 0 Å². The van der Waals surface area contributed by atoms with Crippen LogP contribution in [0.5, 0.6) is 5.75 Å². The van der Waals surface area contributed by atoms with Crippen LogP contribution in [-0.4, -0.2) is 39.6 Å². The molecule has 6 heteroatoms. The Kier molecular flexibility index (Phi) is 8.25.